The Hall–Kier alpha value is -1.84. The van der Waals surface area contributed by atoms with Crippen LogP contribution in [0, 0.1) is 11.3 Å². The number of rotatable bonds is 5. The standard InChI is InChI=1S/C14H15N5S/c1-19-14(17-9-18-19)20-13-5-2-10(6-11(13)7-15)8-16-12-3-4-12/h2,5-6,9,12,16H,3-4,8H2,1H3. The molecule has 0 radical (unpaired) electrons. The molecule has 1 saturated carbocycles. The van der Waals surface area contributed by atoms with Crippen LogP contribution in [0.15, 0.2) is 34.6 Å². The molecule has 1 aromatic heterocycles. The van der Waals surface area contributed by atoms with Crippen molar-refractivity contribution in [2.45, 2.75) is 35.5 Å². The zero-order valence-electron chi connectivity index (χ0n) is 11.2. The molecule has 6 heteroatoms. The summed E-state index contributed by atoms with van der Waals surface area (Å²) in [5.74, 6) is 0. The van der Waals surface area contributed by atoms with Crippen molar-refractivity contribution >= 4 is 11.8 Å². The van der Waals surface area contributed by atoms with Gasteiger partial charge in [-0.1, -0.05) is 6.07 Å². The Morgan fingerprint density at radius 1 is 1.50 bits per heavy atom. The average Bonchev–Trinajstić information content (AvgIpc) is 3.21. The van der Waals surface area contributed by atoms with Crippen LogP contribution < -0.4 is 5.32 Å². The molecule has 1 aromatic carbocycles. The van der Waals surface area contributed by atoms with E-state index in [1.165, 1.54) is 30.9 Å². The summed E-state index contributed by atoms with van der Waals surface area (Å²) in [5, 5.41) is 17.6. The van der Waals surface area contributed by atoms with E-state index < -0.39 is 0 Å². The monoisotopic (exact) mass is 285 g/mol. The maximum atomic E-state index is 9.30. The second kappa shape index (κ2) is 5.65. The van der Waals surface area contributed by atoms with E-state index in [1.54, 1.807) is 4.68 Å². The number of benzene rings is 1. The van der Waals surface area contributed by atoms with Gasteiger partial charge < -0.3 is 5.32 Å². The maximum Gasteiger partial charge on any atom is 0.190 e. The van der Waals surface area contributed by atoms with Crippen molar-refractivity contribution in [1.82, 2.24) is 20.1 Å². The summed E-state index contributed by atoms with van der Waals surface area (Å²) in [6, 6.07) is 8.94. The predicted molar refractivity (Wildman–Crippen MR) is 76.1 cm³/mol. The largest absolute Gasteiger partial charge is 0.310 e. The lowest BCUT2D eigenvalue weighted by atomic mass is 10.1. The summed E-state index contributed by atoms with van der Waals surface area (Å²) >= 11 is 1.46. The highest BCUT2D eigenvalue weighted by Gasteiger charge is 2.20. The van der Waals surface area contributed by atoms with Crippen molar-refractivity contribution in [3.8, 4) is 6.07 Å². The predicted octanol–water partition coefficient (Wildman–Crippen LogP) is 2.09. The summed E-state index contributed by atoms with van der Waals surface area (Å²) in [7, 11) is 1.84. The molecule has 0 aliphatic heterocycles. The molecule has 0 bridgehead atoms. The Balaban J connectivity index is 1.76. The molecule has 0 amide bonds. The number of hydrogen-bond acceptors (Lipinski definition) is 5. The van der Waals surface area contributed by atoms with Crippen molar-refractivity contribution < 1.29 is 0 Å². The van der Waals surface area contributed by atoms with E-state index in [1.807, 2.05) is 19.2 Å². The van der Waals surface area contributed by atoms with Gasteiger partial charge in [0.15, 0.2) is 5.16 Å². The van der Waals surface area contributed by atoms with Gasteiger partial charge in [0.05, 0.1) is 5.56 Å². The fourth-order valence-electron chi connectivity index (χ4n) is 1.89. The summed E-state index contributed by atoms with van der Waals surface area (Å²) in [4.78, 5) is 5.09. The molecule has 0 atom stereocenters. The topological polar surface area (TPSA) is 66.5 Å². The fraction of sp³-hybridized carbons (Fsp3) is 0.357. The van der Waals surface area contributed by atoms with Gasteiger partial charge in [-0.05, 0) is 42.3 Å². The summed E-state index contributed by atoms with van der Waals surface area (Å²) < 4.78 is 1.70. The number of aryl methyl sites for hydroxylation is 1. The minimum absolute atomic E-state index is 0.674. The molecule has 0 spiro atoms. The lowest BCUT2D eigenvalue weighted by Crippen LogP contribution is -2.15. The molecular formula is C14H15N5S. The molecule has 0 unspecified atom stereocenters. The van der Waals surface area contributed by atoms with E-state index in [9.17, 15) is 5.26 Å². The van der Waals surface area contributed by atoms with Crippen molar-refractivity contribution in [3.05, 3.63) is 35.7 Å². The van der Waals surface area contributed by atoms with Crippen LogP contribution >= 0.6 is 11.8 Å². The van der Waals surface area contributed by atoms with Crippen molar-refractivity contribution in [3.63, 3.8) is 0 Å². The van der Waals surface area contributed by atoms with Crippen LogP contribution in [-0.4, -0.2) is 20.8 Å². The van der Waals surface area contributed by atoms with Crippen LogP contribution in [0.3, 0.4) is 0 Å². The van der Waals surface area contributed by atoms with E-state index in [0.717, 1.165) is 22.2 Å². The first-order valence-electron chi connectivity index (χ1n) is 6.54. The van der Waals surface area contributed by atoms with Crippen molar-refractivity contribution in [2.75, 3.05) is 0 Å². The maximum absolute atomic E-state index is 9.30. The van der Waals surface area contributed by atoms with Crippen LogP contribution in [0.4, 0.5) is 0 Å². The average molecular weight is 285 g/mol. The van der Waals surface area contributed by atoms with Gasteiger partial charge >= 0.3 is 0 Å². The quantitative estimate of drug-likeness (QED) is 0.911. The van der Waals surface area contributed by atoms with Crippen LogP contribution in [0.25, 0.3) is 0 Å². The second-order valence-corrected chi connectivity index (χ2v) is 5.87. The third-order valence-corrected chi connectivity index (χ3v) is 4.34. The number of hydrogen-bond donors (Lipinski definition) is 1. The molecule has 0 saturated heterocycles. The first-order valence-corrected chi connectivity index (χ1v) is 7.36. The third kappa shape index (κ3) is 3.00. The van der Waals surface area contributed by atoms with Gasteiger partial charge in [0, 0.05) is 24.5 Å². The lowest BCUT2D eigenvalue weighted by molar-refractivity contribution is 0.684. The number of nitrogens with zero attached hydrogens (tertiary/aromatic N) is 4. The second-order valence-electron chi connectivity index (χ2n) is 4.87. The highest BCUT2D eigenvalue weighted by Crippen LogP contribution is 2.29. The van der Waals surface area contributed by atoms with Crippen LogP contribution in [-0.2, 0) is 13.6 Å². The molecule has 1 fully saturated rings. The van der Waals surface area contributed by atoms with Crippen LogP contribution in [0.5, 0.6) is 0 Å². The zero-order valence-corrected chi connectivity index (χ0v) is 12.0. The van der Waals surface area contributed by atoms with Gasteiger partial charge in [0.1, 0.15) is 12.4 Å². The highest BCUT2D eigenvalue weighted by molar-refractivity contribution is 7.99. The molecule has 1 N–H and O–H groups in total. The molecule has 1 aliphatic rings. The molecule has 102 valence electrons. The van der Waals surface area contributed by atoms with Gasteiger partial charge in [0.25, 0.3) is 0 Å². The van der Waals surface area contributed by atoms with E-state index >= 15 is 0 Å². The van der Waals surface area contributed by atoms with Gasteiger partial charge in [0.2, 0.25) is 0 Å². The smallest absolute Gasteiger partial charge is 0.190 e. The molecular weight excluding hydrogens is 270 g/mol. The van der Waals surface area contributed by atoms with Crippen molar-refractivity contribution in [2.24, 2.45) is 7.05 Å². The Bertz CT molecular complexity index is 654. The Morgan fingerprint density at radius 3 is 3.00 bits per heavy atom. The Kier molecular flexibility index (Phi) is 3.72. The van der Waals surface area contributed by atoms with E-state index in [2.05, 4.69) is 27.5 Å². The Labute approximate surface area is 122 Å². The molecule has 1 heterocycles. The minimum Gasteiger partial charge on any atom is -0.310 e. The number of nitrogens with one attached hydrogen (secondary N) is 1. The van der Waals surface area contributed by atoms with Gasteiger partial charge in [-0.3, -0.25) is 0 Å². The first kappa shape index (κ1) is 13.2. The lowest BCUT2D eigenvalue weighted by Gasteiger charge is -2.07. The van der Waals surface area contributed by atoms with E-state index in [0.29, 0.717) is 11.6 Å². The SMILES string of the molecule is Cn1ncnc1Sc1ccc(CNC2CC2)cc1C#N. The van der Waals surface area contributed by atoms with Gasteiger partial charge in [-0.2, -0.15) is 10.4 Å². The molecule has 20 heavy (non-hydrogen) atoms. The summed E-state index contributed by atoms with van der Waals surface area (Å²) in [6.45, 7) is 0.828. The molecule has 5 nitrogen and oxygen atoms in total. The van der Waals surface area contributed by atoms with Crippen LogP contribution in [0.2, 0.25) is 0 Å². The van der Waals surface area contributed by atoms with E-state index in [-0.39, 0.29) is 0 Å². The number of nitriles is 1. The molecule has 2 aromatic rings. The molecule has 1 aliphatic carbocycles. The van der Waals surface area contributed by atoms with Gasteiger partial charge in [-0.15, -0.1) is 0 Å². The minimum atomic E-state index is 0.674. The van der Waals surface area contributed by atoms with Gasteiger partial charge in [-0.25, -0.2) is 9.67 Å². The zero-order chi connectivity index (χ0) is 13.9. The van der Waals surface area contributed by atoms with E-state index in [4.69, 9.17) is 0 Å². The number of aromatic nitrogens is 3. The third-order valence-electron chi connectivity index (χ3n) is 3.21. The van der Waals surface area contributed by atoms with Crippen molar-refractivity contribution in [1.29, 1.82) is 5.26 Å². The molecule has 3 rings (SSSR count). The normalized spacial score (nSPS) is 14.2. The highest BCUT2D eigenvalue weighted by atomic mass is 32.2. The summed E-state index contributed by atoms with van der Waals surface area (Å²) in [6.07, 6.45) is 4.05. The Morgan fingerprint density at radius 2 is 2.35 bits per heavy atom. The first-order chi connectivity index (χ1) is 9.76. The summed E-state index contributed by atoms with van der Waals surface area (Å²) in [5.41, 5.74) is 1.84. The fourth-order valence-corrected chi connectivity index (χ4v) is 2.72. The van der Waals surface area contributed by atoms with Crippen LogP contribution in [0.1, 0.15) is 24.0 Å².